The second-order valence-electron chi connectivity index (χ2n) is 5.56. The number of pyridine rings is 1. The van der Waals surface area contributed by atoms with Gasteiger partial charge in [-0.15, -0.1) is 0 Å². The number of ether oxygens (including phenoxy) is 1. The van der Waals surface area contributed by atoms with Gasteiger partial charge < -0.3 is 9.64 Å². The van der Waals surface area contributed by atoms with Gasteiger partial charge in [-0.2, -0.15) is 0 Å². The van der Waals surface area contributed by atoms with Gasteiger partial charge in [0.1, 0.15) is 0 Å². The maximum Gasteiger partial charge on any atom is 0.0634 e. The largest absolute Gasteiger partial charge is 0.379 e. The van der Waals surface area contributed by atoms with Gasteiger partial charge in [0, 0.05) is 50.5 Å². The number of aromatic nitrogens is 1. The summed E-state index contributed by atoms with van der Waals surface area (Å²) in [5.41, 5.74) is 1.35. The molecule has 2 fully saturated rings. The van der Waals surface area contributed by atoms with E-state index < -0.39 is 0 Å². The van der Waals surface area contributed by atoms with Gasteiger partial charge in [0.2, 0.25) is 0 Å². The fourth-order valence-corrected chi connectivity index (χ4v) is 3.08. The van der Waals surface area contributed by atoms with Gasteiger partial charge in [0.15, 0.2) is 0 Å². The molecule has 3 rings (SSSR count). The summed E-state index contributed by atoms with van der Waals surface area (Å²) in [5, 5.41) is 0. The van der Waals surface area contributed by atoms with E-state index in [9.17, 15) is 0 Å². The first kappa shape index (κ1) is 12.1. The number of rotatable bonds is 2. The number of fused-ring (bicyclic) bond motifs is 3. The first-order valence-corrected chi connectivity index (χ1v) is 6.70. The maximum absolute atomic E-state index is 5.80. The van der Waals surface area contributed by atoms with Crippen LogP contribution >= 0.6 is 0 Å². The molecule has 4 nitrogen and oxygen atoms in total. The van der Waals surface area contributed by atoms with E-state index in [-0.39, 0.29) is 0 Å². The van der Waals surface area contributed by atoms with Crippen LogP contribution in [0, 0.1) is 5.92 Å². The van der Waals surface area contributed by atoms with Crippen LogP contribution in [0.4, 0.5) is 0 Å². The molecule has 2 saturated heterocycles. The van der Waals surface area contributed by atoms with Crippen LogP contribution < -0.4 is 0 Å². The van der Waals surface area contributed by atoms with Crippen LogP contribution in [0.3, 0.4) is 0 Å². The third kappa shape index (κ3) is 2.71. The van der Waals surface area contributed by atoms with Crippen LogP contribution in [0.5, 0.6) is 0 Å². The van der Waals surface area contributed by atoms with Crippen LogP contribution in [0.2, 0.25) is 0 Å². The predicted molar refractivity (Wildman–Crippen MR) is 70.2 cm³/mol. The highest BCUT2D eigenvalue weighted by Gasteiger charge is 2.31. The summed E-state index contributed by atoms with van der Waals surface area (Å²) in [7, 11) is 2.22. The third-order valence-corrected chi connectivity index (χ3v) is 3.90. The van der Waals surface area contributed by atoms with Crippen molar-refractivity contribution in [3.8, 4) is 0 Å². The molecule has 0 aliphatic carbocycles. The highest BCUT2D eigenvalue weighted by Crippen LogP contribution is 2.20. The van der Waals surface area contributed by atoms with Gasteiger partial charge in [-0.25, -0.2) is 0 Å². The minimum atomic E-state index is 0.524. The molecule has 0 radical (unpaired) electrons. The first-order valence-electron chi connectivity index (χ1n) is 6.70. The van der Waals surface area contributed by atoms with Crippen molar-refractivity contribution < 1.29 is 4.74 Å². The quantitative estimate of drug-likeness (QED) is 0.774. The van der Waals surface area contributed by atoms with Crippen molar-refractivity contribution in [1.29, 1.82) is 0 Å². The average molecular weight is 247 g/mol. The smallest absolute Gasteiger partial charge is 0.0634 e. The lowest BCUT2D eigenvalue weighted by atomic mass is 10.1. The van der Waals surface area contributed by atoms with E-state index in [1.807, 2.05) is 12.4 Å². The first-order chi connectivity index (χ1) is 8.81. The molecule has 3 heterocycles. The summed E-state index contributed by atoms with van der Waals surface area (Å²) in [6.45, 7) is 6.21. The lowest BCUT2D eigenvalue weighted by molar-refractivity contribution is 0.0562. The van der Waals surface area contributed by atoms with Gasteiger partial charge in [0.05, 0.1) is 13.2 Å². The number of nitrogens with zero attached hydrogens (tertiary/aromatic N) is 3. The fourth-order valence-electron chi connectivity index (χ4n) is 3.08. The molecular weight excluding hydrogens is 226 g/mol. The zero-order valence-electron chi connectivity index (χ0n) is 11.0. The topological polar surface area (TPSA) is 28.6 Å². The molecule has 2 aliphatic rings. The molecule has 2 aliphatic heterocycles. The Morgan fingerprint density at radius 1 is 1.22 bits per heavy atom. The lowest BCUT2D eigenvalue weighted by Gasteiger charge is -2.29. The minimum Gasteiger partial charge on any atom is -0.379 e. The second-order valence-corrected chi connectivity index (χ2v) is 5.56. The molecule has 4 heteroatoms. The Morgan fingerprint density at radius 2 is 2.06 bits per heavy atom. The molecule has 18 heavy (non-hydrogen) atoms. The Balaban J connectivity index is 1.75. The molecule has 0 amide bonds. The highest BCUT2D eigenvalue weighted by molar-refractivity contribution is 5.10. The Hall–Kier alpha value is -0.970. The van der Waals surface area contributed by atoms with E-state index in [2.05, 4.69) is 34.0 Å². The third-order valence-electron chi connectivity index (χ3n) is 3.90. The highest BCUT2D eigenvalue weighted by atomic mass is 16.5. The Labute approximate surface area is 109 Å². The minimum absolute atomic E-state index is 0.524. The van der Waals surface area contributed by atoms with E-state index in [0.717, 1.165) is 39.4 Å². The lowest BCUT2D eigenvalue weighted by Crippen LogP contribution is -2.42. The van der Waals surface area contributed by atoms with Crippen LogP contribution in [0.15, 0.2) is 24.5 Å². The summed E-state index contributed by atoms with van der Waals surface area (Å²) in [4.78, 5) is 9.11. The Kier molecular flexibility index (Phi) is 3.59. The van der Waals surface area contributed by atoms with Gasteiger partial charge in [-0.1, -0.05) is 0 Å². The number of hydrogen-bond acceptors (Lipinski definition) is 4. The zero-order valence-corrected chi connectivity index (χ0v) is 11.0. The van der Waals surface area contributed by atoms with Crippen molar-refractivity contribution in [3.05, 3.63) is 30.1 Å². The van der Waals surface area contributed by atoms with E-state index >= 15 is 0 Å². The normalized spacial score (nSPS) is 30.1. The Morgan fingerprint density at radius 3 is 2.89 bits per heavy atom. The summed E-state index contributed by atoms with van der Waals surface area (Å²) in [6.07, 6.45) is 3.75. The fraction of sp³-hybridized carbons (Fsp3) is 0.643. The predicted octanol–water partition coefficient (Wildman–Crippen LogP) is 0.844. The summed E-state index contributed by atoms with van der Waals surface area (Å²) >= 11 is 0. The van der Waals surface area contributed by atoms with E-state index in [1.165, 1.54) is 5.56 Å². The summed E-state index contributed by atoms with van der Waals surface area (Å²) < 4.78 is 5.80. The van der Waals surface area contributed by atoms with Gasteiger partial charge >= 0.3 is 0 Å². The van der Waals surface area contributed by atoms with Gasteiger partial charge in [-0.3, -0.25) is 9.88 Å². The number of likely N-dealkylation sites (N-methyl/N-ethyl adjacent to an activating group) is 1. The SMILES string of the molecule is CN1C[C@@H]2COC[C@H](C1)N(Cc1ccncc1)C2. The zero-order chi connectivity index (χ0) is 12.4. The van der Waals surface area contributed by atoms with E-state index in [1.54, 1.807) is 0 Å². The second kappa shape index (κ2) is 5.34. The Bertz CT molecular complexity index is 384. The molecule has 0 spiro atoms. The monoisotopic (exact) mass is 247 g/mol. The van der Waals surface area contributed by atoms with Crippen molar-refractivity contribution in [2.24, 2.45) is 5.92 Å². The van der Waals surface area contributed by atoms with Crippen LogP contribution in [0.1, 0.15) is 5.56 Å². The molecule has 2 atom stereocenters. The molecule has 0 aromatic carbocycles. The average Bonchev–Trinajstić information content (AvgIpc) is 2.60. The molecule has 0 N–H and O–H groups in total. The van der Waals surface area contributed by atoms with Gasteiger partial charge in [-0.05, 0) is 24.7 Å². The van der Waals surface area contributed by atoms with E-state index in [4.69, 9.17) is 4.74 Å². The van der Waals surface area contributed by atoms with E-state index in [0.29, 0.717) is 12.0 Å². The molecule has 0 saturated carbocycles. The molecule has 98 valence electrons. The summed E-state index contributed by atoms with van der Waals surface area (Å²) in [5.74, 6) is 0.643. The van der Waals surface area contributed by atoms with Gasteiger partial charge in [0.25, 0.3) is 0 Å². The van der Waals surface area contributed by atoms with Crippen LogP contribution in [-0.2, 0) is 11.3 Å². The summed E-state index contributed by atoms with van der Waals surface area (Å²) in [6, 6.07) is 4.74. The molecule has 1 aromatic heterocycles. The standard InChI is InChI=1S/C14H21N3O/c1-16-6-13-8-17(14(9-16)11-18-10-13)7-12-2-4-15-5-3-12/h2-5,13-14H,6-11H2,1H3/t13-,14-/m0/s1. The van der Waals surface area contributed by atoms with Crippen molar-refractivity contribution >= 4 is 0 Å². The molecule has 2 bridgehead atoms. The van der Waals surface area contributed by atoms with Crippen LogP contribution in [-0.4, -0.2) is 60.7 Å². The maximum atomic E-state index is 5.80. The molecule has 0 unspecified atom stereocenters. The molecular formula is C14H21N3O. The van der Waals surface area contributed by atoms with Crippen molar-refractivity contribution in [2.75, 3.05) is 39.9 Å². The number of hydrogen-bond donors (Lipinski definition) is 0. The van der Waals surface area contributed by atoms with Crippen molar-refractivity contribution in [3.63, 3.8) is 0 Å². The van der Waals surface area contributed by atoms with Crippen molar-refractivity contribution in [1.82, 2.24) is 14.8 Å². The van der Waals surface area contributed by atoms with Crippen LogP contribution in [0.25, 0.3) is 0 Å². The van der Waals surface area contributed by atoms with Crippen molar-refractivity contribution in [2.45, 2.75) is 12.6 Å². The molecule has 1 aromatic rings.